The highest BCUT2D eigenvalue weighted by Crippen LogP contribution is 2.49. The van der Waals surface area contributed by atoms with Gasteiger partial charge < -0.3 is 29.6 Å². The molecule has 0 saturated heterocycles. The summed E-state index contributed by atoms with van der Waals surface area (Å²) in [7, 11) is 4.34. The van der Waals surface area contributed by atoms with Gasteiger partial charge in [0.05, 0.1) is 33.4 Å². The Bertz CT molecular complexity index is 1040. The monoisotopic (exact) mass is 430 g/mol. The number of anilines is 1. The number of benzene rings is 2. The van der Waals surface area contributed by atoms with E-state index in [9.17, 15) is 14.0 Å². The normalized spacial score (nSPS) is 17.3. The molecule has 2 amide bonds. The molecule has 1 fully saturated rings. The molecular formula is C22H23FN2O6. The highest BCUT2D eigenvalue weighted by molar-refractivity contribution is 6.04. The summed E-state index contributed by atoms with van der Waals surface area (Å²) in [5.74, 6) is 0.366. The lowest BCUT2D eigenvalue weighted by Gasteiger charge is -2.29. The van der Waals surface area contributed by atoms with Crippen LogP contribution in [0.15, 0.2) is 24.3 Å². The Morgan fingerprint density at radius 3 is 2.48 bits per heavy atom. The van der Waals surface area contributed by atoms with Crippen LogP contribution in [0.5, 0.6) is 23.0 Å². The zero-order valence-corrected chi connectivity index (χ0v) is 17.4. The van der Waals surface area contributed by atoms with Crippen LogP contribution in [0.25, 0.3) is 0 Å². The van der Waals surface area contributed by atoms with Crippen molar-refractivity contribution in [2.75, 3.05) is 26.6 Å². The quantitative estimate of drug-likeness (QED) is 0.723. The summed E-state index contributed by atoms with van der Waals surface area (Å²) in [6.45, 7) is 0. The molecule has 164 valence electrons. The minimum absolute atomic E-state index is 0.0244. The average Bonchev–Trinajstić information content (AvgIpc) is 3.55. The Balaban J connectivity index is 1.69. The predicted molar refractivity (Wildman–Crippen MR) is 110 cm³/mol. The third kappa shape index (κ3) is 4.08. The smallest absolute Gasteiger partial charge is 0.319 e. The number of ketones is 1. The lowest BCUT2D eigenvalue weighted by atomic mass is 9.94. The van der Waals surface area contributed by atoms with Gasteiger partial charge in [0.15, 0.2) is 17.3 Å². The molecule has 1 atom stereocenters. The molecule has 1 unspecified atom stereocenters. The van der Waals surface area contributed by atoms with E-state index in [4.69, 9.17) is 18.9 Å². The molecule has 31 heavy (non-hydrogen) atoms. The van der Waals surface area contributed by atoms with Crippen molar-refractivity contribution in [1.82, 2.24) is 5.32 Å². The minimum atomic E-state index is -0.736. The number of carbonyl (C=O) groups excluding carboxylic acids is 2. The highest BCUT2D eigenvalue weighted by atomic mass is 19.1. The Hall–Kier alpha value is -3.49. The molecule has 2 aliphatic rings. The first-order valence-electron chi connectivity index (χ1n) is 9.85. The Morgan fingerprint density at radius 1 is 1.10 bits per heavy atom. The summed E-state index contributed by atoms with van der Waals surface area (Å²) in [5.41, 5.74) is 0.978. The molecule has 0 aromatic heterocycles. The lowest BCUT2D eigenvalue weighted by molar-refractivity contribution is 0.0843. The van der Waals surface area contributed by atoms with Crippen molar-refractivity contribution in [1.29, 1.82) is 0 Å². The van der Waals surface area contributed by atoms with Crippen LogP contribution in [0.1, 0.15) is 41.3 Å². The van der Waals surface area contributed by atoms with E-state index in [-0.39, 0.29) is 41.0 Å². The molecule has 1 saturated carbocycles. The second-order valence-electron chi connectivity index (χ2n) is 7.36. The van der Waals surface area contributed by atoms with E-state index < -0.39 is 18.0 Å². The Kier molecular flexibility index (Phi) is 5.58. The minimum Gasteiger partial charge on any atom is -0.493 e. The molecule has 2 N–H and O–H groups in total. The average molecular weight is 430 g/mol. The number of ether oxygens (including phenoxy) is 4. The largest absolute Gasteiger partial charge is 0.493 e. The number of hydrogen-bond acceptors (Lipinski definition) is 6. The standard InChI is InChI=1S/C22H23FN2O6/c1-28-18-10-17-19(21(30-3)20(18)29-2)15(26)9-16(31-17)13-7-4-11(23)8-14(13)25-22(27)24-12-5-6-12/h4,7-8,10,12,16H,5-6,9H2,1-3H3,(H2,24,25,27). The van der Waals surface area contributed by atoms with Crippen molar-refractivity contribution in [3.8, 4) is 23.0 Å². The van der Waals surface area contributed by atoms with Gasteiger partial charge in [0.1, 0.15) is 23.2 Å². The van der Waals surface area contributed by atoms with Crippen LogP contribution in [0.2, 0.25) is 0 Å². The number of carbonyl (C=O) groups is 2. The van der Waals surface area contributed by atoms with E-state index >= 15 is 0 Å². The number of nitrogens with one attached hydrogen (secondary N) is 2. The second-order valence-corrected chi connectivity index (χ2v) is 7.36. The summed E-state index contributed by atoms with van der Waals surface area (Å²) >= 11 is 0. The summed E-state index contributed by atoms with van der Waals surface area (Å²) in [6.07, 6.45) is 1.09. The van der Waals surface area contributed by atoms with Crippen molar-refractivity contribution < 1.29 is 32.9 Å². The molecule has 1 aliphatic carbocycles. The van der Waals surface area contributed by atoms with Crippen molar-refractivity contribution in [2.45, 2.75) is 31.4 Å². The summed E-state index contributed by atoms with van der Waals surface area (Å²) in [6, 6.07) is 5.24. The third-order valence-electron chi connectivity index (χ3n) is 5.24. The van der Waals surface area contributed by atoms with E-state index in [0.29, 0.717) is 17.1 Å². The fourth-order valence-electron chi connectivity index (χ4n) is 3.62. The van der Waals surface area contributed by atoms with E-state index in [2.05, 4.69) is 10.6 Å². The maximum absolute atomic E-state index is 13.9. The van der Waals surface area contributed by atoms with Gasteiger partial charge in [0, 0.05) is 17.7 Å². The fourth-order valence-corrected chi connectivity index (χ4v) is 3.62. The number of rotatable bonds is 6. The van der Waals surface area contributed by atoms with Gasteiger partial charge in [-0.15, -0.1) is 0 Å². The maximum Gasteiger partial charge on any atom is 0.319 e. The van der Waals surface area contributed by atoms with Gasteiger partial charge >= 0.3 is 6.03 Å². The van der Waals surface area contributed by atoms with Crippen LogP contribution in [0.3, 0.4) is 0 Å². The van der Waals surface area contributed by atoms with Crippen LogP contribution in [-0.4, -0.2) is 39.2 Å². The van der Waals surface area contributed by atoms with Gasteiger partial charge in [0.2, 0.25) is 5.75 Å². The first-order valence-corrected chi connectivity index (χ1v) is 9.85. The zero-order chi connectivity index (χ0) is 22.1. The van der Waals surface area contributed by atoms with Gasteiger partial charge in [-0.25, -0.2) is 9.18 Å². The first kappa shape index (κ1) is 20.8. The molecule has 0 bridgehead atoms. The van der Waals surface area contributed by atoms with Crippen LogP contribution >= 0.6 is 0 Å². The van der Waals surface area contributed by atoms with Gasteiger partial charge in [0.25, 0.3) is 0 Å². The predicted octanol–water partition coefficient (Wildman–Crippen LogP) is 3.84. The number of halogens is 1. The second kappa shape index (κ2) is 8.33. The van der Waals surface area contributed by atoms with Crippen molar-refractivity contribution >= 4 is 17.5 Å². The van der Waals surface area contributed by atoms with Gasteiger partial charge in [-0.2, -0.15) is 0 Å². The molecule has 8 nitrogen and oxygen atoms in total. The van der Waals surface area contributed by atoms with Crippen molar-refractivity contribution in [3.05, 3.63) is 41.2 Å². The summed E-state index contributed by atoms with van der Waals surface area (Å²) in [4.78, 5) is 25.3. The maximum atomic E-state index is 13.9. The fraction of sp³-hybridized carbons (Fsp3) is 0.364. The number of fused-ring (bicyclic) bond motifs is 1. The van der Waals surface area contributed by atoms with Crippen LogP contribution in [0, 0.1) is 5.82 Å². The molecule has 1 heterocycles. The van der Waals surface area contributed by atoms with Crippen LogP contribution < -0.4 is 29.6 Å². The first-order chi connectivity index (χ1) is 14.9. The summed E-state index contributed by atoms with van der Waals surface area (Å²) < 4.78 is 36.1. The lowest BCUT2D eigenvalue weighted by Crippen LogP contribution is -2.31. The highest BCUT2D eigenvalue weighted by Gasteiger charge is 2.35. The number of amides is 2. The molecule has 9 heteroatoms. The Morgan fingerprint density at radius 2 is 1.84 bits per heavy atom. The van der Waals surface area contributed by atoms with E-state index in [1.54, 1.807) is 6.07 Å². The number of hydrogen-bond donors (Lipinski definition) is 2. The van der Waals surface area contributed by atoms with Crippen LogP contribution in [-0.2, 0) is 0 Å². The molecule has 0 radical (unpaired) electrons. The van der Waals surface area contributed by atoms with E-state index in [1.165, 1.54) is 39.5 Å². The molecule has 2 aromatic rings. The SMILES string of the molecule is COc1cc2c(c(OC)c1OC)C(=O)CC(c1ccc(F)cc1NC(=O)NC1CC1)O2. The topological polar surface area (TPSA) is 95.1 Å². The number of urea groups is 1. The molecular weight excluding hydrogens is 407 g/mol. The third-order valence-corrected chi connectivity index (χ3v) is 5.24. The van der Waals surface area contributed by atoms with Crippen molar-refractivity contribution in [3.63, 3.8) is 0 Å². The van der Waals surface area contributed by atoms with E-state index in [1.807, 2.05) is 0 Å². The summed E-state index contributed by atoms with van der Waals surface area (Å²) in [5, 5.41) is 5.46. The number of methoxy groups -OCH3 is 3. The molecule has 0 spiro atoms. The van der Waals surface area contributed by atoms with Crippen molar-refractivity contribution in [2.24, 2.45) is 0 Å². The van der Waals surface area contributed by atoms with Gasteiger partial charge in [-0.3, -0.25) is 4.79 Å². The molecule has 2 aromatic carbocycles. The van der Waals surface area contributed by atoms with Gasteiger partial charge in [-0.05, 0) is 25.0 Å². The zero-order valence-electron chi connectivity index (χ0n) is 17.4. The molecule has 4 rings (SSSR count). The Labute approximate surface area is 178 Å². The van der Waals surface area contributed by atoms with Crippen LogP contribution in [0.4, 0.5) is 14.9 Å². The van der Waals surface area contributed by atoms with E-state index in [0.717, 1.165) is 12.8 Å². The molecule has 1 aliphatic heterocycles. The van der Waals surface area contributed by atoms with Gasteiger partial charge in [-0.1, -0.05) is 6.07 Å². The number of Topliss-reactive ketones (excluding diaryl/α,β-unsaturated/α-hetero) is 1.